The Kier molecular flexibility index (Phi) is 4.75. The average molecular weight is 302 g/mol. The zero-order chi connectivity index (χ0) is 15.4. The molecule has 0 unspecified atom stereocenters. The zero-order valence-electron chi connectivity index (χ0n) is 13.5. The fraction of sp³-hybridized carbons (Fsp3) is 0.688. The lowest BCUT2D eigenvalue weighted by molar-refractivity contribution is 0.578. The lowest BCUT2D eigenvalue weighted by atomic mass is 10.2. The highest BCUT2D eigenvalue weighted by molar-refractivity contribution is 5.80. The van der Waals surface area contributed by atoms with Crippen molar-refractivity contribution >= 4 is 5.96 Å². The lowest BCUT2D eigenvalue weighted by Gasteiger charge is -2.21. The second kappa shape index (κ2) is 6.94. The fourth-order valence-corrected chi connectivity index (χ4v) is 3.06. The first-order chi connectivity index (χ1) is 10.7. The minimum absolute atomic E-state index is 0.467. The van der Waals surface area contributed by atoms with Crippen molar-refractivity contribution in [1.82, 2.24) is 25.4 Å². The smallest absolute Gasteiger partial charge is 0.192 e. The molecule has 6 heteroatoms. The van der Waals surface area contributed by atoms with E-state index in [1.54, 1.807) is 0 Å². The van der Waals surface area contributed by atoms with Crippen LogP contribution >= 0.6 is 0 Å². The molecule has 3 rings (SSSR count). The van der Waals surface area contributed by atoms with Crippen LogP contribution in [0.25, 0.3) is 0 Å². The van der Waals surface area contributed by atoms with Crippen LogP contribution in [-0.2, 0) is 13.6 Å². The monoisotopic (exact) mass is 302 g/mol. The van der Waals surface area contributed by atoms with E-state index in [0.717, 1.165) is 30.5 Å². The molecule has 1 saturated carbocycles. The van der Waals surface area contributed by atoms with E-state index in [2.05, 4.69) is 33.0 Å². The Morgan fingerprint density at radius 1 is 1.18 bits per heavy atom. The molecule has 0 bridgehead atoms. The molecule has 2 N–H and O–H groups in total. The Morgan fingerprint density at radius 3 is 2.50 bits per heavy atom. The van der Waals surface area contributed by atoms with Crippen molar-refractivity contribution in [3.05, 3.63) is 23.8 Å². The maximum absolute atomic E-state index is 4.74. The first-order valence-corrected chi connectivity index (χ1v) is 8.30. The van der Waals surface area contributed by atoms with Gasteiger partial charge in [0.05, 0.1) is 0 Å². The maximum atomic E-state index is 4.74. The summed E-state index contributed by atoms with van der Waals surface area (Å²) in [5.74, 6) is 2.74. The van der Waals surface area contributed by atoms with Crippen LogP contribution in [0.4, 0.5) is 0 Å². The SMILES string of the molecule is Cc1nnc(CN=C(NC2CC=CC2)NC2CCCC2)n1C. The Morgan fingerprint density at radius 2 is 1.86 bits per heavy atom. The van der Waals surface area contributed by atoms with Gasteiger partial charge in [0.15, 0.2) is 11.8 Å². The Labute approximate surface area is 132 Å². The van der Waals surface area contributed by atoms with Gasteiger partial charge in [0.25, 0.3) is 0 Å². The minimum atomic E-state index is 0.467. The highest BCUT2D eigenvalue weighted by Gasteiger charge is 2.18. The van der Waals surface area contributed by atoms with Gasteiger partial charge in [0, 0.05) is 19.1 Å². The summed E-state index contributed by atoms with van der Waals surface area (Å²) < 4.78 is 1.99. The second-order valence-corrected chi connectivity index (χ2v) is 6.30. The quantitative estimate of drug-likeness (QED) is 0.506. The van der Waals surface area contributed by atoms with Gasteiger partial charge in [-0.05, 0) is 32.6 Å². The number of rotatable bonds is 4. The van der Waals surface area contributed by atoms with Crippen molar-refractivity contribution in [1.29, 1.82) is 0 Å². The van der Waals surface area contributed by atoms with Crippen LogP contribution in [0.1, 0.15) is 50.2 Å². The third-order valence-electron chi connectivity index (χ3n) is 4.61. The summed E-state index contributed by atoms with van der Waals surface area (Å²) in [5, 5.41) is 15.4. The van der Waals surface area contributed by atoms with Crippen LogP contribution in [0.2, 0.25) is 0 Å². The van der Waals surface area contributed by atoms with E-state index in [9.17, 15) is 0 Å². The fourth-order valence-electron chi connectivity index (χ4n) is 3.06. The van der Waals surface area contributed by atoms with Crippen molar-refractivity contribution in [2.45, 2.75) is 64.1 Å². The molecule has 6 nitrogen and oxygen atoms in total. The van der Waals surface area contributed by atoms with Crippen LogP contribution in [0.3, 0.4) is 0 Å². The van der Waals surface area contributed by atoms with Gasteiger partial charge in [-0.1, -0.05) is 25.0 Å². The normalized spacial score (nSPS) is 20.0. The molecular weight excluding hydrogens is 276 g/mol. The summed E-state index contributed by atoms with van der Waals surface area (Å²) >= 11 is 0. The highest BCUT2D eigenvalue weighted by atomic mass is 15.3. The van der Waals surface area contributed by atoms with Gasteiger partial charge >= 0.3 is 0 Å². The topological polar surface area (TPSA) is 67.1 Å². The molecule has 0 aromatic carbocycles. The zero-order valence-corrected chi connectivity index (χ0v) is 13.5. The average Bonchev–Trinajstić information content (AvgIpc) is 3.24. The molecule has 0 spiro atoms. The van der Waals surface area contributed by atoms with E-state index in [0.29, 0.717) is 18.6 Å². The molecule has 120 valence electrons. The summed E-state index contributed by atoms with van der Waals surface area (Å²) in [6.45, 7) is 2.51. The first-order valence-electron chi connectivity index (χ1n) is 8.30. The number of nitrogens with zero attached hydrogens (tertiary/aromatic N) is 4. The van der Waals surface area contributed by atoms with Crippen LogP contribution in [0.15, 0.2) is 17.1 Å². The van der Waals surface area contributed by atoms with E-state index < -0.39 is 0 Å². The summed E-state index contributed by atoms with van der Waals surface area (Å²) in [6.07, 6.45) is 11.7. The molecule has 0 aliphatic heterocycles. The minimum Gasteiger partial charge on any atom is -0.354 e. The molecule has 0 radical (unpaired) electrons. The van der Waals surface area contributed by atoms with Gasteiger partial charge in [0.2, 0.25) is 0 Å². The van der Waals surface area contributed by atoms with Crippen molar-refractivity contribution in [2.75, 3.05) is 0 Å². The summed E-state index contributed by atoms with van der Waals surface area (Å²) in [6, 6.07) is 1.02. The predicted molar refractivity (Wildman–Crippen MR) is 87.6 cm³/mol. The molecular formula is C16H26N6. The van der Waals surface area contributed by atoms with Gasteiger partial charge in [-0.25, -0.2) is 4.99 Å². The molecule has 1 heterocycles. The van der Waals surface area contributed by atoms with Crippen LogP contribution in [-0.4, -0.2) is 32.8 Å². The van der Waals surface area contributed by atoms with Gasteiger partial charge in [-0.3, -0.25) is 0 Å². The van der Waals surface area contributed by atoms with Crippen LogP contribution in [0, 0.1) is 6.92 Å². The number of aromatic nitrogens is 3. The van der Waals surface area contributed by atoms with Crippen molar-refractivity contribution in [2.24, 2.45) is 12.0 Å². The summed E-state index contributed by atoms with van der Waals surface area (Å²) in [7, 11) is 1.98. The van der Waals surface area contributed by atoms with E-state index in [-0.39, 0.29) is 0 Å². The molecule has 0 atom stereocenters. The molecule has 1 fully saturated rings. The standard InChI is InChI=1S/C16H26N6/c1-12-20-21-15(22(12)2)11-17-16(18-13-7-3-4-8-13)19-14-9-5-6-10-14/h3-4,13-14H,5-11H2,1-2H3,(H2,17,18,19). The molecule has 2 aliphatic rings. The third kappa shape index (κ3) is 3.67. The maximum Gasteiger partial charge on any atom is 0.192 e. The van der Waals surface area contributed by atoms with Crippen LogP contribution < -0.4 is 10.6 Å². The Hall–Kier alpha value is -1.85. The van der Waals surface area contributed by atoms with Crippen molar-refractivity contribution in [3.63, 3.8) is 0 Å². The van der Waals surface area contributed by atoms with Crippen molar-refractivity contribution in [3.8, 4) is 0 Å². The number of aliphatic imine (C=N–C) groups is 1. The van der Waals surface area contributed by atoms with E-state index in [1.807, 2.05) is 18.5 Å². The third-order valence-corrected chi connectivity index (χ3v) is 4.61. The molecule has 0 amide bonds. The van der Waals surface area contributed by atoms with E-state index in [1.165, 1.54) is 25.7 Å². The summed E-state index contributed by atoms with van der Waals surface area (Å²) in [4.78, 5) is 4.74. The van der Waals surface area contributed by atoms with Gasteiger partial charge < -0.3 is 15.2 Å². The number of nitrogens with one attached hydrogen (secondary N) is 2. The van der Waals surface area contributed by atoms with Gasteiger partial charge in [-0.2, -0.15) is 0 Å². The molecule has 1 aromatic heterocycles. The number of hydrogen-bond donors (Lipinski definition) is 2. The largest absolute Gasteiger partial charge is 0.354 e. The van der Waals surface area contributed by atoms with Gasteiger partial charge in [-0.15, -0.1) is 10.2 Å². The molecule has 0 saturated heterocycles. The van der Waals surface area contributed by atoms with Crippen molar-refractivity contribution < 1.29 is 0 Å². The summed E-state index contributed by atoms with van der Waals surface area (Å²) in [5.41, 5.74) is 0. The number of guanidine groups is 1. The highest BCUT2D eigenvalue weighted by Crippen LogP contribution is 2.18. The van der Waals surface area contributed by atoms with Gasteiger partial charge in [0.1, 0.15) is 12.4 Å². The Balaban J connectivity index is 1.65. The van der Waals surface area contributed by atoms with E-state index in [4.69, 9.17) is 4.99 Å². The molecule has 22 heavy (non-hydrogen) atoms. The first kappa shape index (κ1) is 15.1. The van der Waals surface area contributed by atoms with Crippen LogP contribution in [0.5, 0.6) is 0 Å². The number of aryl methyl sites for hydroxylation is 1. The molecule has 1 aromatic rings. The predicted octanol–water partition coefficient (Wildman–Crippen LogP) is 1.82. The number of hydrogen-bond acceptors (Lipinski definition) is 3. The second-order valence-electron chi connectivity index (χ2n) is 6.30. The Bertz CT molecular complexity index is 539. The lowest BCUT2D eigenvalue weighted by Crippen LogP contribution is -2.46. The van der Waals surface area contributed by atoms with E-state index >= 15 is 0 Å². The molecule has 2 aliphatic carbocycles.